The lowest BCUT2D eigenvalue weighted by Gasteiger charge is -2.16. The Morgan fingerprint density at radius 3 is 2.50 bits per heavy atom. The predicted octanol–water partition coefficient (Wildman–Crippen LogP) is 1.18. The topological polar surface area (TPSA) is 69.4 Å². The molecule has 0 aliphatic rings. The van der Waals surface area contributed by atoms with E-state index >= 15 is 0 Å². The molecule has 0 aromatic carbocycles. The first-order valence-electron chi connectivity index (χ1n) is 5.02. The molecule has 2 aromatic rings. The van der Waals surface area contributed by atoms with Crippen LogP contribution in [0.15, 0.2) is 0 Å². The summed E-state index contributed by atoms with van der Waals surface area (Å²) in [7, 11) is 0. The second-order valence-corrected chi connectivity index (χ2v) is 5.89. The number of tetrazole rings is 1. The Morgan fingerprint density at radius 2 is 1.94 bits per heavy atom. The fourth-order valence-electron chi connectivity index (χ4n) is 1.38. The van der Waals surface area contributed by atoms with Gasteiger partial charge >= 0.3 is 0 Å². The van der Waals surface area contributed by atoms with Gasteiger partial charge in [-0.3, -0.25) is 0 Å². The van der Waals surface area contributed by atoms with Crippen LogP contribution in [0.2, 0.25) is 0 Å². The number of hydrogen-bond acceptors (Lipinski definition) is 6. The van der Waals surface area contributed by atoms with E-state index < -0.39 is 0 Å². The molecule has 0 atom stereocenters. The van der Waals surface area contributed by atoms with E-state index in [0.29, 0.717) is 6.54 Å². The van der Waals surface area contributed by atoms with Crippen LogP contribution in [0.25, 0.3) is 0 Å². The van der Waals surface area contributed by atoms with Gasteiger partial charge in [0.05, 0.1) is 6.54 Å². The summed E-state index contributed by atoms with van der Waals surface area (Å²) < 4.78 is 1.78. The lowest BCUT2D eigenvalue weighted by molar-refractivity contribution is 0.489. The zero-order chi connectivity index (χ0) is 11.8. The molecule has 0 fully saturated rings. The molecular formula is C9H14N6S. The highest BCUT2D eigenvalue weighted by Gasteiger charge is 2.22. The average Bonchev–Trinajstić information content (AvgIpc) is 2.74. The lowest BCUT2D eigenvalue weighted by Crippen LogP contribution is -2.20. The van der Waals surface area contributed by atoms with Crippen LogP contribution in [0.4, 0.5) is 0 Å². The third-order valence-electron chi connectivity index (χ3n) is 2.06. The van der Waals surface area contributed by atoms with Gasteiger partial charge in [0, 0.05) is 5.41 Å². The van der Waals surface area contributed by atoms with Crippen molar-refractivity contribution < 1.29 is 0 Å². The highest BCUT2D eigenvalue weighted by atomic mass is 32.1. The monoisotopic (exact) mass is 238 g/mol. The maximum Gasteiger partial charge on any atom is 0.157 e. The Balaban J connectivity index is 2.25. The van der Waals surface area contributed by atoms with Crippen molar-refractivity contribution >= 4 is 11.3 Å². The van der Waals surface area contributed by atoms with Crippen LogP contribution in [0.5, 0.6) is 0 Å². The van der Waals surface area contributed by atoms with E-state index in [2.05, 4.69) is 46.5 Å². The van der Waals surface area contributed by atoms with E-state index in [0.717, 1.165) is 15.8 Å². The summed E-state index contributed by atoms with van der Waals surface area (Å²) in [5.74, 6) is 0.861. The summed E-state index contributed by atoms with van der Waals surface area (Å²) in [4.78, 5) is 0. The maximum atomic E-state index is 4.07. The van der Waals surface area contributed by atoms with Crippen molar-refractivity contribution in [1.82, 2.24) is 30.4 Å². The average molecular weight is 238 g/mol. The van der Waals surface area contributed by atoms with Gasteiger partial charge in [0.15, 0.2) is 5.82 Å². The van der Waals surface area contributed by atoms with Crippen LogP contribution in [-0.2, 0) is 12.0 Å². The first-order chi connectivity index (χ1) is 7.47. The van der Waals surface area contributed by atoms with Crippen LogP contribution in [-0.4, -0.2) is 30.4 Å². The van der Waals surface area contributed by atoms with Gasteiger partial charge in [0.1, 0.15) is 10.0 Å². The van der Waals surface area contributed by atoms with Gasteiger partial charge in [-0.05, 0) is 17.4 Å². The first-order valence-corrected chi connectivity index (χ1v) is 5.84. The van der Waals surface area contributed by atoms with Gasteiger partial charge in [0.25, 0.3) is 0 Å². The quantitative estimate of drug-likeness (QED) is 0.785. The van der Waals surface area contributed by atoms with Crippen molar-refractivity contribution in [3.05, 3.63) is 15.8 Å². The van der Waals surface area contributed by atoms with Crippen LogP contribution >= 0.6 is 11.3 Å². The van der Waals surface area contributed by atoms with Crippen molar-refractivity contribution in [3.63, 3.8) is 0 Å². The maximum absolute atomic E-state index is 4.07. The zero-order valence-electron chi connectivity index (χ0n) is 9.80. The fourth-order valence-corrected chi connectivity index (χ4v) is 2.07. The smallest absolute Gasteiger partial charge is 0.157 e. The minimum absolute atomic E-state index is 0.0662. The van der Waals surface area contributed by atoms with Crippen molar-refractivity contribution in [2.24, 2.45) is 0 Å². The molecule has 0 bridgehead atoms. The predicted molar refractivity (Wildman–Crippen MR) is 60.3 cm³/mol. The molecule has 2 aromatic heterocycles. The summed E-state index contributed by atoms with van der Waals surface area (Å²) in [5.41, 5.74) is -0.0662. The zero-order valence-corrected chi connectivity index (χ0v) is 10.6. The summed E-state index contributed by atoms with van der Waals surface area (Å²) in [5, 5.41) is 21.7. The van der Waals surface area contributed by atoms with Gasteiger partial charge in [-0.15, -0.1) is 15.3 Å². The molecule has 0 radical (unpaired) electrons. The molecule has 6 nitrogen and oxygen atoms in total. The standard InChI is InChI=1S/C9H14N6S/c1-6-10-11-7(16-6)5-15-8(9(2,3)4)12-13-14-15/h5H2,1-4H3. The molecule has 0 aliphatic carbocycles. The molecule has 0 saturated carbocycles. The molecule has 0 N–H and O–H groups in total. The molecule has 0 spiro atoms. The number of rotatable bonds is 2. The number of aromatic nitrogens is 6. The third-order valence-corrected chi connectivity index (χ3v) is 2.88. The van der Waals surface area contributed by atoms with E-state index in [-0.39, 0.29) is 5.41 Å². The van der Waals surface area contributed by atoms with Crippen LogP contribution in [0.1, 0.15) is 36.6 Å². The van der Waals surface area contributed by atoms with Crippen LogP contribution in [0.3, 0.4) is 0 Å². The molecular weight excluding hydrogens is 224 g/mol. The molecule has 2 heterocycles. The second-order valence-electron chi connectivity index (χ2n) is 4.62. The van der Waals surface area contributed by atoms with Crippen LogP contribution < -0.4 is 0 Å². The minimum Gasteiger partial charge on any atom is -0.222 e. The third kappa shape index (κ3) is 2.24. The molecule has 0 aliphatic heterocycles. The molecule has 16 heavy (non-hydrogen) atoms. The number of nitrogens with zero attached hydrogens (tertiary/aromatic N) is 6. The van der Waals surface area contributed by atoms with Crippen molar-refractivity contribution in [2.45, 2.75) is 39.7 Å². The van der Waals surface area contributed by atoms with E-state index in [4.69, 9.17) is 0 Å². The Bertz CT molecular complexity index is 480. The first kappa shape index (κ1) is 11.1. The summed E-state index contributed by atoms with van der Waals surface area (Å²) in [6.45, 7) is 8.78. The SMILES string of the molecule is Cc1nnc(Cn2nnnc2C(C)(C)C)s1. The van der Waals surface area contributed by atoms with Gasteiger partial charge in [-0.25, -0.2) is 4.68 Å². The van der Waals surface area contributed by atoms with Crippen molar-refractivity contribution in [2.75, 3.05) is 0 Å². The largest absolute Gasteiger partial charge is 0.222 e. The van der Waals surface area contributed by atoms with Crippen molar-refractivity contribution in [1.29, 1.82) is 0 Å². The molecule has 0 saturated heterocycles. The Morgan fingerprint density at radius 1 is 1.19 bits per heavy atom. The molecule has 86 valence electrons. The van der Waals surface area contributed by atoms with Crippen molar-refractivity contribution in [3.8, 4) is 0 Å². The highest BCUT2D eigenvalue weighted by Crippen LogP contribution is 2.19. The Kier molecular flexibility index (Phi) is 2.71. The summed E-state index contributed by atoms with van der Waals surface area (Å²) >= 11 is 1.57. The van der Waals surface area contributed by atoms with E-state index in [1.54, 1.807) is 16.0 Å². The minimum atomic E-state index is -0.0662. The lowest BCUT2D eigenvalue weighted by atomic mass is 9.96. The molecule has 0 amide bonds. The van der Waals surface area contributed by atoms with Gasteiger partial charge in [0.2, 0.25) is 0 Å². The van der Waals surface area contributed by atoms with Crippen LogP contribution in [0, 0.1) is 6.92 Å². The molecule has 0 unspecified atom stereocenters. The Hall–Kier alpha value is -1.37. The number of aryl methyl sites for hydroxylation is 1. The second kappa shape index (κ2) is 3.89. The van der Waals surface area contributed by atoms with E-state index in [1.807, 2.05) is 6.92 Å². The van der Waals surface area contributed by atoms with E-state index in [1.165, 1.54) is 0 Å². The van der Waals surface area contributed by atoms with Gasteiger partial charge < -0.3 is 0 Å². The van der Waals surface area contributed by atoms with Gasteiger partial charge in [-0.1, -0.05) is 32.1 Å². The summed E-state index contributed by atoms with van der Waals surface area (Å²) in [6.07, 6.45) is 0. The normalized spacial score (nSPS) is 12.0. The molecule has 2 rings (SSSR count). The van der Waals surface area contributed by atoms with E-state index in [9.17, 15) is 0 Å². The fraction of sp³-hybridized carbons (Fsp3) is 0.667. The summed E-state index contributed by atoms with van der Waals surface area (Å²) in [6, 6.07) is 0. The van der Waals surface area contributed by atoms with Gasteiger partial charge in [-0.2, -0.15) is 0 Å². The number of hydrogen-bond donors (Lipinski definition) is 0. The highest BCUT2D eigenvalue weighted by molar-refractivity contribution is 7.11. The Labute approximate surface area is 97.7 Å². The molecule has 7 heteroatoms.